The van der Waals surface area contributed by atoms with Crippen LogP contribution in [0, 0.1) is 0 Å². The maximum atomic E-state index is 10.0. The van der Waals surface area contributed by atoms with E-state index in [-0.39, 0.29) is 12.1 Å². The Balaban J connectivity index is 2.02. The van der Waals surface area contributed by atoms with Gasteiger partial charge in [0.05, 0.1) is 6.10 Å². The number of aliphatic hydroxyl groups excluding tert-OH is 1. The van der Waals surface area contributed by atoms with Gasteiger partial charge in [-0.25, -0.2) is 0 Å². The van der Waals surface area contributed by atoms with Gasteiger partial charge < -0.3 is 10.4 Å². The predicted octanol–water partition coefficient (Wildman–Crippen LogP) is 2.65. The normalized spacial score (nSPS) is 22.3. The molecule has 16 heavy (non-hydrogen) atoms. The van der Waals surface area contributed by atoms with Crippen LogP contribution in [0.15, 0.2) is 18.2 Å². The molecule has 2 rings (SSSR count). The van der Waals surface area contributed by atoms with Crippen LogP contribution in [-0.2, 0) is 6.42 Å². The van der Waals surface area contributed by atoms with Gasteiger partial charge in [-0.05, 0) is 37.1 Å². The van der Waals surface area contributed by atoms with Crippen LogP contribution in [0.1, 0.15) is 18.4 Å². The second kappa shape index (κ2) is 5.37. The molecule has 1 aliphatic heterocycles. The number of rotatable bonds is 3. The van der Waals surface area contributed by atoms with Gasteiger partial charge in [0.25, 0.3) is 0 Å². The molecule has 0 spiro atoms. The average molecular weight is 260 g/mol. The monoisotopic (exact) mass is 259 g/mol. The standard InChI is InChI=1S/C12H15Cl2NO/c13-9-4-3-8(10(14)7-9)6-12(16)11-2-1-5-15-11/h3-4,7,11-12,15-16H,1-2,5-6H2. The molecule has 1 heterocycles. The molecule has 2 unspecified atom stereocenters. The summed E-state index contributed by atoms with van der Waals surface area (Å²) in [5.41, 5.74) is 0.951. The van der Waals surface area contributed by atoms with E-state index in [1.54, 1.807) is 12.1 Å². The summed E-state index contributed by atoms with van der Waals surface area (Å²) in [5, 5.41) is 14.6. The molecule has 1 fully saturated rings. The second-order valence-electron chi connectivity index (χ2n) is 4.21. The molecule has 1 aliphatic rings. The van der Waals surface area contributed by atoms with Gasteiger partial charge in [0.2, 0.25) is 0 Å². The highest BCUT2D eigenvalue weighted by molar-refractivity contribution is 6.35. The summed E-state index contributed by atoms with van der Waals surface area (Å²) >= 11 is 11.9. The first-order valence-electron chi connectivity index (χ1n) is 5.52. The number of hydrogen-bond donors (Lipinski definition) is 2. The van der Waals surface area contributed by atoms with Crippen molar-refractivity contribution in [1.82, 2.24) is 5.32 Å². The molecule has 0 saturated carbocycles. The van der Waals surface area contributed by atoms with Gasteiger partial charge in [0.15, 0.2) is 0 Å². The lowest BCUT2D eigenvalue weighted by atomic mass is 10.0. The highest BCUT2D eigenvalue weighted by Crippen LogP contribution is 2.23. The summed E-state index contributed by atoms with van der Waals surface area (Å²) in [4.78, 5) is 0. The second-order valence-corrected chi connectivity index (χ2v) is 5.05. The van der Waals surface area contributed by atoms with Crippen molar-refractivity contribution in [3.63, 3.8) is 0 Å². The molecule has 1 aromatic carbocycles. The summed E-state index contributed by atoms with van der Waals surface area (Å²) in [5.74, 6) is 0. The van der Waals surface area contributed by atoms with Gasteiger partial charge in [0, 0.05) is 22.5 Å². The van der Waals surface area contributed by atoms with Gasteiger partial charge in [0.1, 0.15) is 0 Å². The Hall–Kier alpha value is -0.280. The summed E-state index contributed by atoms with van der Waals surface area (Å²) in [6.07, 6.45) is 2.37. The van der Waals surface area contributed by atoms with E-state index in [2.05, 4.69) is 5.32 Å². The van der Waals surface area contributed by atoms with Gasteiger partial charge >= 0.3 is 0 Å². The fourth-order valence-corrected chi connectivity index (χ4v) is 2.58. The van der Waals surface area contributed by atoms with Crippen LogP contribution in [0.5, 0.6) is 0 Å². The van der Waals surface area contributed by atoms with Gasteiger partial charge in [-0.2, -0.15) is 0 Å². The van der Waals surface area contributed by atoms with Crippen LogP contribution < -0.4 is 5.32 Å². The predicted molar refractivity (Wildman–Crippen MR) is 67.2 cm³/mol. The third kappa shape index (κ3) is 2.89. The Morgan fingerprint density at radius 1 is 1.44 bits per heavy atom. The SMILES string of the molecule is OC(Cc1ccc(Cl)cc1Cl)C1CCCN1. The smallest absolute Gasteiger partial charge is 0.0733 e. The van der Waals surface area contributed by atoms with E-state index in [1.165, 1.54) is 0 Å². The minimum Gasteiger partial charge on any atom is -0.391 e. The molecule has 88 valence electrons. The lowest BCUT2D eigenvalue weighted by Gasteiger charge is -2.18. The summed E-state index contributed by atoms with van der Waals surface area (Å²) < 4.78 is 0. The van der Waals surface area contributed by atoms with Crippen molar-refractivity contribution < 1.29 is 5.11 Å². The number of hydrogen-bond acceptors (Lipinski definition) is 2. The van der Waals surface area contributed by atoms with Crippen LogP contribution in [0.3, 0.4) is 0 Å². The minimum atomic E-state index is -0.374. The molecule has 2 N–H and O–H groups in total. The highest BCUT2D eigenvalue weighted by Gasteiger charge is 2.23. The third-order valence-electron chi connectivity index (χ3n) is 3.01. The molecule has 1 aromatic rings. The van der Waals surface area contributed by atoms with Crippen molar-refractivity contribution in [1.29, 1.82) is 0 Å². The fourth-order valence-electron chi connectivity index (χ4n) is 2.09. The van der Waals surface area contributed by atoms with Crippen LogP contribution in [-0.4, -0.2) is 23.8 Å². The molecule has 2 nitrogen and oxygen atoms in total. The lowest BCUT2D eigenvalue weighted by Crippen LogP contribution is -2.36. The zero-order valence-corrected chi connectivity index (χ0v) is 10.4. The number of halogens is 2. The summed E-state index contributed by atoms with van der Waals surface area (Å²) in [7, 11) is 0. The van der Waals surface area contributed by atoms with Crippen LogP contribution >= 0.6 is 23.2 Å². The van der Waals surface area contributed by atoms with Crippen molar-refractivity contribution in [2.45, 2.75) is 31.4 Å². The molecular weight excluding hydrogens is 245 g/mol. The number of aliphatic hydroxyl groups is 1. The van der Waals surface area contributed by atoms with Gasteiger partial charge in [-0.1, -0.05) is 29.3 Å². The summed E-state index contributed by atoms with van der Waals surface area (Å²) in [6.45, 7) is 0.996. The Bertz CT molecular complexity index is 364. The largest absolute Gasteiger partial charge is 0.391 e. The molecule has 0 bridgehead atoms. The zero-order valence-electron chi connectivity index (χ0n) is 8.92. The summed E-state index contributed by atoms with van der Waals surface area (Å²) in [6, 6.07) is 5.60. The van der Waals surface area contributed by atoms with Crippen LogP contribution in [0.4, 0.5) is 0 Å². The van der Waals surface area contributed by atoms with E-state index >= 15 is 0 Å². The Morgan fingerprint density at radius 3 is 2.88 bits per heavy atom. The van der Waals surface area contributed by atoms with E-state index in [0.29, 0.717) is 16.5 Å². The number of nitrogens with one attached hydrogen (secondary N) is 1. The molecular formula is C12H15Cl2NO. The van der Waals surface area contributed by atoms with Crippen molar-refractivity contribution in [2.75, 3.05) is 6.54 Å². The third-order valence-corrected chi connectivity index (χ3v) is 3.59. The molecule has 0 radical (unpaired) electrons. The first kappa shape index (κ1) is 12.2. The topological polar surface area (TPSA) is 32.3 Å². The Kier molecular flexibility index (Phi) is 4.09. The van der Waals surface area contributed by atoms with Crippen molar-refractivity contribution in [3.8, 4) is 0 Å². The van der Waals surface area contributed by atoms with E-state index in [9.17, 15) is 5.11 Å². The molecule has 2 atom stereocenters. The zero-order chi connectivity index (χ0) is 11.5. The molecule has 4 heteroatoms. The van der Waals surface area contributed by atoms with E-state index < -0.39 is 0 Å². The lowest BCUT2D eigenvalue weighted by molar-refractivity contribution is 0.136. The van der Waals surface area contributed by atoms with Gasteiger partial charge in [-0.15, -0.1) is 0 Å². The molecule has 1 saturated heterocycles. The van der Waals surface area contributed by atoms with E-state index in [4.69, 9.17) is 23.2 Å². The first-order chi connectivity index (χ1) is 7.66. The van der Waals surface area contributed by atoms with Crippen molar-refractivity contribution >= 4 is 23.2 Å². The Morgan fingerprint density at radius 2 is 2.25 bits per heavy atom. The Labute approximate surface area is 106 Å². The maximum absolute atomic E-state index is 10.0. The van der Waals surface area contributed by atoms with Crippen molar-refractivity contribution in [3.05, 3.63) is 33.8 Å². The fraction of sp³-hybridized carbons (Fsp3) is 0.500. The van der Waals surface area contributed by atoms with Crippen molar-refractivity contribution in [2.24, 2.45) is 0 Å². The van der Waals surface area contributed by atoms with E-state index in [0.717, 1.165) is 24.9 Å². The average Bonchev–Trinajstić information content (AvgIpc) is 2.75. The highest BCUT2D eigenvalue weighted by atomic mass is 35.5. The van der Waals surface area contributed by atoms with Crippen LogP contribution in [0.25, 0.3) is 0 Å². The van der Waals surface area contributed by atoms with E-state index in [1.807, 2.05) is 6.07 Å². The quantitative estimate of drug-likeness (QED) is 0.875. The van der Waals surface area contributed by atoms with Crippen LogP contribution in [0.2, 0.25) is 10.0 Å². The minimum absolute atomic E-state index is 0.201. The molecule has 0 amide bonds. The molecule has 0 aliphatic carbocycles. The first-order valence-corrected chi connectivity index (χ1v) is 6.28. The number of benzene rings is 1. The maximum Gasteiger partial charge on any atom is 0.0733 e. The van der Waals surface area contributed by atoms with Gasteiger partial charge in [-0.3, -0.25) is 0 Å². The molecule has 0 aromatic heterocycles.